The summed E-state index contributed by atoms with van der Waals surface area (Å²) in [5.74, 6) is 3.09. The van der Waals surface area contributed by atoms with E-state index in [-0.39, 0.29) is 0 Å². The van der Waals surface area contributed by atoms with E-state index in [1.165, 1.54) is 24.2 Å². The van der Waals surface area contributed by atoms with Crippen molar-refractivity contribution in [1.29, 1.82) is 0 Å². The molecule has 0 amide bonds. The Hall–Kier alpha value is -0.870. The van der Waals surface area contributed by atoms with Gasteiger partial charge in [-0.15, -0.1) is 0 Å². The smallest absolute Gasteiger partial charge is 0.231 e. The number of hydrogen-bond donors (Lipinski definition) is 1. The number of benzene rings is 1. The van der Waals surface area contributed by atoms with E-state index in [0.717, 1.165) is 30.9 Å². The molecular weight excluding hydrogens is 282 g/mol. The van der Waals surface area contributed by atoms with Crippen LogP contribution in [0.4, 0.5) is 0 Å². The minimum Gasteiger partial charge on any atom is -0.454 e. The number of nitrogens with one attached hydrogen (secondary N) is 1. The fraction of sp³-hybridized carbons (Fsp3) is 0.647. The van der Waals surface area contributed by atoms with E-state index in [9.17, 15) is 0 Å². The molecule has 116 valence electrons. The normalized spacial score (nSPS) is 25.2. The van der Waals surface area contributed by atoms with E-state index < -0.39 is 0 Å². The number of aryl methyl sites for hydroxylation is 1. The average Bonchev–Trinajstić information content (AvgIpc) is 3.11. The SMILES string of the molecule is CC(CCc1ccc2c(c1)OCO2)NCC1(C)CCCS1. The first-order valence-electron chi connectivity index (χ1n) is 7.90. The number of thioether (sulfide) groups is 1. The molecule has 2 aliphatic heterocycles. The molecule has 21 heavy (non-hydrogen) atoms. The van der Waals surface area contributed by atoms with Crippen molar-refractivity contribution in [3.8, 4) is 11.5 Å². The van der Waals surface area contributed by atoms with E-state index in [1.807, 2.05) is 6.07 Å². The van der Waals surface area contributed by atoms with Crippen LogP contribution in [0.15, 0.2) is 18.2 Å². The van der Waals surface area contributed by atoms with Crippen LogP contribution in [0.3, 0.4) is 0 Å². The third-order valence-corrected chi connectivity index (χ3v) is 5.97. The number of fused-ring (bicyclic) bond motifs is 1. The maximum Gasteiger partial charge on any atom is 0.231 e. The average molecular weight is 307 g/mol. The first-order chi connectivity index (χ1) is 10.1. The molecule has 2 unspecified atom stereocenters. The molecule has 4 heteroatoms. The summed E-state index contributed by atoms with van der Waals surface area (Å²) < 4.78 is 11.2. The molecule has 1 N–H and O–H groups in total. The van der Waals surface area contributed by atoms with Crippen LogP contribution >= 0.6 is 11.8 Å². The highest BCUT2D eigenvalue weighted by Crippen LogP contribution is 2.37. The monoisotopic (exact) mass is 307 g/mol. The molecule has 2 heterocycles. The Morgan fingerprint density at radius 1 is 1.33 bits per heavy atom. The Kier molecular flexibility index (Phi) is 4.65. The zero-order valence-corrected chi connectivity index (χ0v) is 13.8. The van der Waals surface area contributed by atoms with Gasteiger partial charge in [-0.05, 0) is 63.0 Å². The van der Waals surface area contributed by atoms with Gasteiger partial charge in [0.2, 0.25) is 6.79 Å². The molecule has 0 aromatic heterocycles. The summed E-state index contributed by atoms with van der Waals surface area (Å²) in [5, 5.41) is 3.71. The Morgan fingerprint density at radius 2 is 2.19 bits per heavy atom. The Bertz CT molecular complexity index is 486. The van der Waals surface area contributed by atoms with Crippen molar-refractivity contribution in [2.75, 3.05) is 19.1 Å². The highest BCUT2D eigenvalue weighted by Gasteiger charge is 2.29. The zero-order valence-electron chi connectivity index (χ0n) is 13.0. The molecule has 3 rings (SSSR count). The van der Waals surface area contributed by atoms with Crippen LogP contribution in [0.25, 0.3) is 0 Å². The summed E-state index contributed by atoms with van der Waals surface area (Å²) in [5.41, 5.74) is 1.33. The van der Waals surface area contributed by atoms with Gasteiger partial charge in [-0.25, -0.2) is 0 Å². The van der Waals surface area contributed by atoms with Crippen LogP contribution in [0.5, 0.6) is 11.5 Å². The van der Waals surface area contributed by atoms with Crippen molar-refractivity contribution < 1.29 is 9.47 Å². The number of rotatable bonds is 6. The van der Waals surface area contributed by atoms with Gasteiger partial charge in [0.25, 0.3) is 0 Å². The first kappa shape index (κ1) is 15.0. The predicted molar refractivity (Wildman–Crippen MR) is 88.4 cm³/mol. The van der Waals surface area contributed by atoms with Gasteiger partial charge < -0.3 is 14.8 Å². The molecule has 0 aliphatic carbocycles. The molecule has 2 aliphatic rings. The van der Waals surface area contributed by atoms with Crippen LogP contribution in [-0.4, -0.2) is 29.9 Å². The molecule has 1 fully saturated rings. The highest BCUT2D eigenvalue weighted by atomic mass is 32.2. The van der Waals surface area contributed by atoms with Crippen molar-refractivity contribution >= 4 is 11.8 Å². The predicted octanol–water partition coefficient (Wildman–Crippen LogP) is 3.61. The van der Waals surface area contributed by atoms with Gasteiger partial charge in [0, 0.05) is 17.3 Å². The molecule has 3 nitrogen and oxygen atoms in total. The molecule has 0 bridgehead atoms. The van der Waals surface area contributed by atoms with E-state index in [4.69, 9.17) is 9.47 Å². The quantitative estimate of drug-likeness (QED) is 0.869. The van der Waals surface area contributed by atoms with Crippen LogP contribution in [-0.2, 0) is 6.42 Å². The van der Waals surface area contributed by atoms with Gasteiger partial charge in [0.05, 0.1) is 0 Å². The van der Waals surface area contributed by atoms with Gasteiger partial charge in [0.1, 0.15) is 0 Å². The molecule has 0 radical (unpaired) electrons. The van der Waals surface area contributed by atoms with Crippen molar-refractivity contribution in [3.05, 3.63) is 23.8 Å². The lowest BCUT2D eigenvalue weighted by Gasteiger charge is -2.25. The van der Waals surface area contributed by atoms with Gasteiger partial charge in [0.15, 0.2) is 11.5 Å². The van der Waals surface area contributed by atoms with Crippen molar-refractivity contribution in [2.45, 2.75) is 50.3 Å². The Balaban J connectivity index is 1.44. The molecule has 0 spiro atoms. The molecular formula is C17H25NO2S. The van der Waals surface area contributed by atoms with Crippen LogP contribution < -0.4 is 14.8 Å². The standard InChI is InChI=1S/C17H25NO2S/c1-13(18-11-17(2)8-3-9-21-17)4-5-14-6-7-15-16(10-14)20-12-19-15/h6-7,10,13,18H,3-5,8-9,11-12H2,1-2H3. The second kappa shape index (κ2) is 6.49. The summed E-state index contributed by atoms with van der Waals surface area (Å²) in [4.78, 5) is 0. The van der Waals surface area contributed by atoms with Gasteiger partial charge >= 0.3 is 0 Å². The molecule has 2 atom stereocenters. The van der Waals surface area contributed by atoms with E-state index in [0.29, 0.717) is 17.6 Å². The van der Waals surface area contributed by atoms with Gasteiger partial charge in [-0.1, -0.05) is 6.07 Å². The van der Waals surface area contributed by atoms with Crippen LogP contribution in [0, 0.1) is 0 Å². The highest BCUT2D eigenvalue weighted by molar-refractivity contribution is 8.00. The maximum atomic E-state index is 5.43. The zero-order chi connectivity index (χ0) is 14.7. The van der Waals surface area contributed by atoms with Crippen molar-refractivity contribution in [2.24, 2.45) is 0 Å². The minimum atomic E-state index is 0.354. The molecule has 1 saturated heterocycles. The minimum absolute atomic E-state index is 0.354. The van der Waals surface area contributed by atoms with E-state index in [2.05, 4.69) is 43.1 Å². The largest absolute Gasteiger partial charge is 0.454 e. The summed E-state index contributed by atoms with van der Waals surface area (Å²) in [6, 6.07) is 6.83. The number of ether oxygens (including phenoxy) is 2. The fourth-order valence-corrected chi connectivity index (χ4v) is 4.20. The van der Waals surface area contributed by atoms with E-state index >= 15 is 0 Å². The Morgan fingerprint density at radius 3 is 3.00 bits per heavy atom. The van der Waals surface area contributed by atoms with Crippen LogP contribution in [0.2, 0.25) is 0 Å². The summed E-state index contributed by atoms with van der Waals surface area (Å²) in [6.45, 7) is 6.16. The second-order valence-corrected chi connectivity index (χ2v) is 8.09. The van der Waals surface area contributed by atoms with Crippen molar-refractivity contribution in [3.63, 3.8) is 0 Å². The summed E-state index contributed by atoms with van der Waals surface area (Å²) >= 11 is 2.12. The van der Waals surface area contributed by atoms with Crippen molar-refractivity contribution in [1.82, 2.24) is 5.32 Å². The van der Waals surface area contributed by atoms with Crippen LogP contribution in [0.1, 0.15) is 38.7 Å². The molecule has 0 saturated carbocycles. The van der Waals surface area contributed by atoms with Gasteiger partial charge in [-0.3, -0.25) is 0 Å². The summed E-state index contributed by atoms with van der Waals surface area (Å²) in [7, 11) is 0. The first-order valence-corrected chi connectivity index (χ1v) is 8.89. The number of hydrogen-bond acceptors (Lipinski definition) is 4. The van der Waals surface area contributed by atoms with Gasteiger partial charge in [-0.2, -0.15) is 11.8 Å². The third kappa shape index (κ3) is 3.86. The fourth-order valence-electron chi connectivity index (χ4n) is 2.95. The maximum absolute atomic E-state index is 5.43. The lowest BCUT2D eigenvalue weighted by Crippen LogP contribution is -2.38. The Labute approximate surface area is 131 Å². The topological polar surface area (TPSA) is 30.5 Å². The lowest BCUT2D eigenvalue weighted by atomic mass is 10.0. The second-order valence-electron chi connectivity index (χ2n) is 6.41. The molecule has 1 aromatic rings. The summed E-state index contributed by atoms with van der Waals surface area (Å²) in [6.07, 6.45) is 4.95. The third-order valence-electron chi connectivity index (χ3n) is 4.43. The van der Waals surface area contributed by atoms with E-state index in [1.54, 1.807) is 0 Å². The molecule has 1 aromatic carbocycles. The lowest BCUT2D eigenvalue weighted by molar-refractivity contribution is 0.174.